The Kier molecular flexibility index (Phi) is 6.50. The van der Waals surface area contributed by atoms with Gasteiger partial charge >= 0.3 is 6.18 Å². The lowest BCUT2D eigenvalue weighted by atomic mass is 9.81. The lowest BCUT2D eigenvalue weighted by molar-refractivity contribution is -0.151. The Labute approximate surface area is 111 Å². The second kappa shape index (κ2) is 6.41. The van der Waals surface area contributed by atoms with E-state index in [-0.39, 0.29) is 17.4 Å². The standard InChI is InChI=1S/C12H23BrF3N/c1-9(2)17(8-12(14,15)16)7-10(6-13)11(3,4)5/h9-10H,6-8H2,1-5H3. The van der Waals surface area contributed by atoms with Crippen LogP contribution in [0.15, 0.2) is 0 Å². The van der Waals surface area contributed by atoms with Gasteiger partial charge in [-0.1, -0.05) is 36.7 Å². The molecule has 0 amide bonds. The molecule has 0 aromatic heterocycles. The molecule has 5 heteroatoms. The van der Waals surface area contributed by atoms with Crippen molar-refractivity contribution in [3.63, 3.8) is 0 Å². The molecule has 0 aromatic rings. The molecule has 0 aliphatic heterocycles. The molecular formula is C12H23BrF3N. The summed E-state index contributed by atoms with van der Waals surface area (Å²) < 4.78 is 37.4. The first-order valence-corrected chi connectivity index (χ1v) is 6.96. The molecule has 0 aliphatic rings. The Morgan fingerprint density at radius 3 is 1.82 bits per heavy atom. The number of halogens is 4. The molecular weight excluding hydrogens is 295 g/mol. The molecule has 1 unspecified atom stereocenters. The van der Waals surface area contributed by atoms with Crippen molar-refractivity contribution >= 4 is 15.9 Å². The van der Waals surface area contributed by atoms with Crippen LogP contribution in [0.3, 0.4) is 0 Å². The highest BCUT2D eigenvalue weighted by atomic mass is 79.9. The van der Waals surface area contributed by atoms with Gasteiger partial charge in [0, 0.05) is 17.9 Å². The lowest BCUT2D eigenvalue weighted by Gasteiger charge is -2.36. The molecule has 0 saturated carbocycles. The van der Waals surface area contributed by atoms with Crippen LogP contribution in [0.4, 0.5) is 13.2 Å². The maximum atomic E-state index is 12.5. The number of hydrogen-bond donors (Lipinski definition) is 0. The van der Waals surface area contributed by atoms with Crippen molar-refractivity contribution in [3.8, 4) is 0 Å². The number of rotatable bonds is 5. The Morgan fingerprint density at radius 2 is 1.59 bits per heavy atom. The molecule has 17 heavy (non-hydrogen) atoms. The Morgan fingerprint density at radius 1 is 1.12 bits per heavy atom. The number of hydrogen-bond acceptors (Lipinski definition) is 1. The van der Waals surface area contributed by atoms with Gasteiger partial charge in [-0.25, -0.2) is 0 Å². The largest absolute Gasteiger partial charge is 0.401 e. The molecule has 0 fully saturated rings. The van der Waals surface area contributed by atoms with Crippen molar-refractivity contribution in [1.82, 2.24) is 4.90 Å². The molecule has 1 nitrogen and oxygen atoms in total. The third-order valence-electron chi connectivity index (χ3n) is 2.98. The van der Waals surface area contributed by atoms with Gasteiger partial charge in [0.1, 0.15) is 0 Å². The van der Waals surface area contributed by atoms with Crippen molar-refractivity contribution in [1.29, 1.82) is 0 Å². The summed E-state index contributed by atoms with van der Waals surface area (Å²) in [6.45, 7) is 9.43. The van der Waals surface area contributed by atoms with Crippen LogP contribution >= 0.6 is 15.9 Å². The Bertz CT molecular complexity index is 221. The molecule has 0 spiro atoms. The summed E-state index contributed by atoms with van der Waals surface area (Å²) in [5.74, 6) is 0.201. The van der Waals surface area contributed by atoms with Gasteiger partial charge in [0.2, 0.25) is 0 Å². The van der Waals surface area contributed by atoms with Crippen LogP contribution < -0.4 is 0 Å². The molecule has 0 bridgehead atoms. The summed E-state index contributed by atoms with van der Waals surface area (Å²) in [5.41, 5.74) is 0.00222. The monoisotopic (exact) mass is 317 g/mol. The highest BCUT2D eigenvalue weighted by Gasteiger charge is 2.34. The van der Waals surface area contributed by atoms with Gasteiger partial charge in [-0.2, -0.15) is 13.2 Å². The summed E-state index contributed by atoms with van der Waals surface area (Å²) in [6.07, 6.45) is -4.13. The highest BCUT2D eigenvalue weighted by molar-refractivity contribution is 9.09. The van der Waals surface area contributed by atoms with Crippen LogP contribution in [0.1, 0.15) is 34.6 Å². The minimum absolute atomic E-state index is 0.00222. The molecule has 0 radical (unpaired) electrons. The average Bonchev–Trinajstić information content (AvgIpc) is 2.07. The molecule has 0 aliphatic carbocycles. The first-order valence-electron chi connectivity index (χ1n) is 5.84. The summed E-state index contributed by atoms with van der Waals surface area (Å²) in [6, 6.07) is -0.0967. The van der Waals surface area contributed by atoms with E-state index in [9.17, 15) is 13.2 Å². The fraction of sp³-hybridized carbons (Fsp3) is 1.00. The SMILES string of the molecule is CC(C)N(CC(CBr)C(C)(C)C)CC(F)(F)F. The van der Waals surface area contributed by atoms with Crippen LogP contribution in [-0.2, 0) is 0 Å². The molecule has 0 saturated heterocycles. The lowest BCUT2D eigenvalue weighted by Crippen LogP contribution is -2.44. The predicted octanol–water partition coefficient (Wildman–Crippen LogP) is 4.32. The smallest absolute Gasteiger partial charge is 0.292 e. The first-order chi connectivity index (χ1) is 7.47. The minimum Gasteiger partial charge on any atom is -0.292 e. The summed E-state index contributed by atoms with van der Waals surface area (Å²) in [4.78, 5) is 1.50. The zero-order valence-electron chi connectivity index (χ0n) is 11.2. The number of nitrogens with zero attached hydrogens (tertiary/aromatic N) is 1. The second-order valence-electron chi connectivity index (χ2n) is 5.86. The second-order valence-corrected chi connectivity index (χ2v) is 6.50. The van der Waals surface area contributed by atoms with Gasteiger partial charge < -0.3 is 0 Å². The summed E-state index contributed by atoms with van der Waals surface area (Å²) >= 11 is 3.40. The molecule has 104 valence electrons. The zero-order valence-corrected chi connectivity index (χ0v) is 12.8. The van der Waals surface area contributed by atoms with E-state index in [4.69, 9.17) is 0 Å². The molecule has 0 N–H and O–H groups in total. The quantitative estimate of drug-likeness (QED) is 0.683. The predicted molar refractivity (Wildman–Crippen MR) is 69.5 cm³/mol. The van der Waals surface area contributed by atoms with Gasteiger partial charge in [-0.3, -0.25) is 4.90 Å². The molecule has 0 rings (SSSR count). The third-order valence-corrected chi connectivity index (χ3v) is 3.76. The maximum absolute atomic E-state index is 12.5. The van der Waals surface area contributed by atoms with Crippen LogP contribution in [-0.4, -0.2) is 35.5 Å². The van der Waals surface area contributed by atoms with E-state index < -0.39 is 12.7 Å². The van der Waals surface area contributed by atoms with Crippen LogP contribution in [0.2, 0.25) is 0 Å². The Balaban J connectivity index is 4.64. The van der Waals surface area contributed by atoms with E-state index in [0.717, 1.165) is 5.33 Å². The first kappa shape index (κ1) is 17.2. The van der Waals surface area contributed by atoms with E-state index in [1.165, 1.54) is 4.90 Å². The number of alkyl halides is 4. The summed E-state index contributed by atoms with van der Waals surface area (Å²) in [5, 5.41) is 0.720. The van der Waals surface area contributed by atoms with Crippen LogP contribution in [0, 0.1) is 11.3 Å². The van der Waals surface area contributed by atoms with Crippen molar-refractivity contribution < 1.29 is 13.2 Å². The zero-order chi connectivity index (χ0) is 13.9. The van der Waals surface area contributed by atoms with Gasteiger partial charge in [-0.15, -0.1) is 0 Å². The topological polar surface area (TPSA) is 3.24 Å². The normalized spacial score (nSPS) is 15.7. The van der Waals surface area contributed by atoms with Crippen LogP contribution in [0.5, 0.6) is 0 Å². The fourth-order valence-corrected chi connectivity index (χ4v) is 2.70. The van der Waals surface area contributed by atoms with Gasteiger partial charge in [0.05, 0.1) is 6.54 Å². The molecule has 0 heterocycles. The van der Waals surface area contributed by atoms with E-state index in [0.29, 0.717) is 6.54 Å². The van der Waals surface area contributed by atoms with E-state index in [1.54, 1.807) is 13.8 Å². The molecule has 0 aromatic carbocycles. The average molecular weight is 318 g/mol. The van der Waals surface area contributed by atoms with Crippen molar-refractivity contribution in [3.05, 3.63) is 0 Å². The van der Waals surface area contributed by atoms with Gasteiger partial charge in [-0.05, 0) is 25.2 Å². The van der Waals surface area contributed by atoms with Crippen LogP contribution in [0.25, 0.3) is 0 Å². The van der Waals surface area contributed by atoms with E-state index >= 15 is 0 Å². The van der Waals surface area contributed by atoms with Crippen molar-refractivity contribution in [2.75, 3.05) is 18.4 Å². The highest BCUT2D eigenvalue weighted by Crippen LogP contribution is 2.30. The fourth-order valence-electron chi connectivity index (χ4n) is 1.53. The Hall–Kier alpha value is 0.230. The summed E-state index contributed by atoms with van der Waals surface area (Å²) in [7, 11) is 0. The maximum Gasteiger partial charge on any atom is 0.401 e. The molecule has 1 atom stereocenters. The van der Waals surface area contributed by atoms with Crippen molar-refractivity contribution in [2.24, 2.45) is 11.3 Å². The van der Waals surface area contributed by atoms with Crippen molar-refractivity contribution in [2.45, 2.75) is 46.8 Å². The van der Waals surface area contributed by atoms with Gasteiger partial charge in [0.15, 0.2) is 0 Å². The third kappa shape index (κ3) is 7.29. The van der Waals surface area contributed by atoms with E-state index in [1.807, 2.05) is 0 Å². The van der Waals surface area contributed by atoms with E-state index in [2.05, 4.69) is 36.7 Å². The minimum atomic E-state index is -4.13. The van der Waals surface area contributed by atoms with Gasteiger partial charge in [0.25, 0.3) is 0 Å².